The number of nitrogens with zero attached hydrogens (tertiary/aromatic N) is 1. The molecule has 1 aromatic rings. The lowest BCUT2D eigenvalue weighted by molar-refractivity contribution is -0.398. The van der Waals surface area contributed by atoms with E-state index in [0.717, 1.165) is 0 Å². The van der Waals surface area contributed by atoms with Crippen LogP contribution < -0.4 is 5.32 Å². The number of ether oxygens (including phenoxy) is 6. The monoisotopic (exact) mass is 728 g/mol. The second-order valence-corrected chi connectivity index (χ2v) is 12.3. The van der Waals surface area contributed by atoms with Crippen LogP contribution in [-0.2, 0) is 28.4 Å². The van der Waals surface area contributed by atoms with Gasteiger partial charge in [-0.2, -0.15) is 0 Å². The highest BCUT2D eigenvalue weighted by Gasteiger charge is 2.55. The number of aliphatic hydroxyl groups is 13. The first-order valence-electron chi connectivity index (χ1n) is 15.9. The third kappa shape index (κ3) is 9.21. The van der Waals surface area contributed by atoms with Gasteiger partial charge in [0.2, 0.25) is 0 Å². The van der Waals surface area contributed by atoms with Crippen LogP contribution in [-0.4, -0.2) is 214 Å². The number of hydrogen-bond acceptors (Lipinski definition) is 21. The van der Waals surface area contributed by atoms with Crippen molar-refractivity contribution in [3.05, 3.63) is 24.4 Å². The molecule has 0 aromatic carbocycles. The summed E-state index contributed by atoms with van der Waals surface area (Å²) in [5.74, 6) is 0.323. The van der Waals surface area contributed by atoms with Crippen LogP contribution in [0.1, 0.15) is 6.92 Å². The SMILES string of the molecule is C[C@@H]1O[C@@H](O[C@H]2[C@H](O[C@@H]([C@H](O)[C@@H](O)CNc3ccccn3)[C@H](O)CO)O[C@H](CO)[C@H](O)[C@@H]2O[C@H]2O[C@H](CO)[C@H](O)[C@H](O)[C@H]2O)[C@@H](O)[C@H](O)[C@@H]1O. The van der Waals surface area contributed by atoms with E-state index in [9.17, 15) is 66.4 Å². The van der Waals surface area contributed by atoms with Gasteiger partial charge in [-0.25, -0.2) is 4.98 Å². The van der Waals surface area contributed by atoms with Gasteiger partial charge in [0.05, 0.1) is 32.0 Å². The summed E-state index contributed by atoms with van der Waals surface area (Å²) in [6.45, 7) is -1.81. The Balaban J connectivity index is 1.66. The van der Waals surface area contributed by atoms with Crippen LogP contribution >= 0.6 is 0 Å². The van der Waals surface area contributed by atoms with E-state index in [4.69, 9.17) is 28.4 Å². The van der Waals surface area contributed by atoms with Crippen LogP contribution in [0.25, 0.3) is 0 Å². The molecule has 0 aliphatic carbocycles. The van der Waals surface area contributed by atoms with E-state index in [0.29, 0.717) is 5.82 Å². The van der Waals surface area contributed by atoms with Gasteiger partial charge < -0.3 is 100 Å². The normalized spacial score (nSPS) is 42.0. The molecule has 1 aromatic heterocycles. The van der Waals surface area contributed by atoms with Crippen LogP contribution in [0.5, 0.6) is 0 Å². The van der Waals surface area contributed by atoms with Gasteiger partial charge in [0.15, 0.2) is 18.9 Å². The van der Waals surface area contributed by atoms with Crippen molar-refractivity contribution in [2.24, 2.45) is 0 Å². The predicted molar refractivity (Wildman–Crippen MR) is 160 cm³/mol. The third-order valence-electron chi connectivity index (χ3n) is 8.78. The Morgan fingerprint density at radius 2 is 1.28 bits per heavy atom. The van der Waals surface area contributed by atoms with E-state index < -0.39 is 136 Å². The lowest BCUT2D eigenvalue weighted by Gasteiger charge is -2.49. The number of hydrogen-bond donors (Lipinski definition) is 14. The maximum Gasteiger partial charge on any atom is 0.187 e. The molecule has 14 N–H and O–H groups in total. The van der Waals surface area contributed by atoms with Crippen LogP contribution in [0.3, 0.4) is 0 Å². The summed E-state index contributed by atoms with van der Waals surface area (Å²) in [6, 6.07) is 4.87. The van der Waals surface area contributed by atoms with E-state index in [1.165, 1.54) is 13.1 Å². The Kier molecular flexibility index (Phi) is 15.0. The summed E-state index contributed by atoms with van der Waals surface area (Å²) < 4.78 is 34.2. The van der Waals surface area contributed by atoms with Crippen molar-refractivity contribution in [2.45, 2.75) is 123 Å². The molecule has 21 heteroatoms. The van der Waals surface area contributed by atoms with Crippen LogP contribution in [0.2, 0.25) is 0 Å². The first-order valence-corrected chi connectivity index (χ1v) is 15.9. The molecule has 0 spiro atoms. The minimum absolute atomic E-state index is 0.323. The Morgan fingerprint density at radius 1 is 0.700 bits per heavy atom. The molecule has 0 saturated carbocycles. The molecule has 0 bridgehead atoms. The maximum atomic E-state index is 11.3. The second-order valence-electron chi connectivity index (χ2n) is 12.3. The smallest absolute Gasteiger partial charge is 0.187 e. The molecule has 4 heterocycles. The van der Waals surface area contributed by atoms with Crippen molar-refractivity contribution < 1.29 is 94.8 Å². The summed E-state index contributed by atoms with van der Waals surface area (Å²) in [4.78, 5) is 4.03. The van der Waals surface area contributed by atoms with Crippen LogP contribution in [0.15, 0.2) is 24.4 Å². The number of pyridine rings is 1. The van der Waals surface area contributed by atoms with Crippen LogP contribution in [0, 0.1) is 0 Å². The summed E-state index contributed by atoms with van der Waals surface area (Å²) >= 11 is 0. The molecule has 288 valence electrons. The molecule has 3 aliphatic heterocycles. The number of anilines is 1. The molecule has 0 unspecified atom stereocenters. The van der Waals surface area contributed by atoms with Gasteiger partial charge in [0.25, 0.3) is 0 Å². The molecule has 0 radical (unpaired) electrons. The highest BCUT2D eigenvalue weighted by atomic mass is 16.8. The number of nitrogens with one attached hydrogen (secondary N) is 1. The minimum atomic E-state index is -2.00. The van der Waals surface area contributed by atoms with Crippen LogP contribution in [0.4, 0.5) is 5.82 Å². The molecule has 50 heavy (non-hydrogen) atoms. The topological polar surface area (TPSA) is 343 Å². The van der Waals surface area contributed by atoms with E-state index in [1.807, 2.05) is 0 Å². The van der Waals surface area contributed by atoms with Crippen molar-refractivity contribution >= 4 is 5.82 Å². The first-order chi connectivity index (χ1) is 23.7. The van der Waals surface area contributed by atoms with Crippen molar-refractivity contribution in [3.8, 4) is 0 Å². The standard InChI is InChI=1S/C29H48N2O19/c1-10-16(37)20(41)22(43)27(45-10)50-26-25(49-28-23(44)21(42)18(39)13(8-33)46-28)19(40)14(9-34)47-29(26)48-24(12(36)7-32)17(38)11(35)6-31-15-4-2-3-5-30-15/h2-5,10-14,16-29,32-44H,6-9H2,1H3,(H,30,31)/t10-,11-,12+,13+,14+,16+,17+,18-,19-,20+,21-,22-,23+,24+,25-,26+,27-,28+,29-/m0/s1. The Labute approximate surface area is 285 Å². The van der Waals surface area contributed by atoms with Gasteiger partial charge in [0, 0.05) is 12.7 Å². The average Bonchev–Trinajstić information content (AvgIpc) is 3.12. The van der Waals surface area contributed by atoms with Crippen molar-refractivity contribution in [3.63, 3.8) is 0 Å². The summed E-state index contributed by atoms with van der Waals surface area (Å²) in [7, 11) is 0. The lowest BCUT2D eigenvalue weighted by atomic mass is 9.95. The molecular formula is C29H48N2O19. The Hall–Kier alpha value is -1.81. The zero-order valence-corrected chi connectivity index (χ0v) is 26.8. The maximum absolute atomic E-state index is 11.3. The van der Waals surface area contributed by atoms with E-state index in [2.05, 4.69) is 10.3 Å². The van der Waals surface area contributed by atoms with E-state index in [1.54, 1.807) is 18.2 Å². The van der Waals surface area contributed by atoms with Gasteiger partial charge in [-0.15, -0.1) is 0 Å². The number of rotatable bonds is 15. The van der Waals surface area contributed by atoms with E-state index >= 15 is 0 Å². The summed E-state index contributed by atoms with van der Waals surface area (Å²) in [5.41, 5.74) is 0. The predicted octanol–water partition coefficient (Wildman–Crippen LogP) is -7.57. The molecule has 21 nitrogen and oxygen atoms in total. The first kappa shape index (κ1) is 41.0. The second kappa shape index (κ2) is 18.3. The molecule has 3 aliphatic rings. The van der Waals surface area contributed by atoms with Gasteiger partial charge in [-0.1, -0.05) is 6.07 Å². The summed E-state index contributed by atoms with van der Waals surface area (Å²) in [5, 5.41) is 139. The Morgan fingerprint density at radius 3 is 1.88 bits per heavy atom. The van der Waals surface area contributed by atoms with Crippen molar-refractivity contribution in [1.82, 2.24) is 4.98 Å². The van der Waals surface area contributed by atoms with Gasteiger partial charge >= 0.3 is 0 Å². The molecular weight excluding hydrogens is 680 g/mol. The molecule has 4 rings (SSSR count). The van der Waals surface area contributed by atoms with E-state index in [-0.39, 0.29) is 6.54 Å². The zero-order chi connectivity index (χ0) is 36.9. The largest absolute Gasteiger partial charge is 0.394 e. The molecule has 3 saturated heterocycles. The highest BCUT2D eigenvalue weighted by Crippen LogP contribution is 2.34. The number of aliphatic hydroxyl groups excluding tert-OH is 13. The van der Waals surface area contributed by atoms with Gasteiger partial charge in [-0.3, -0.25) is 0 Å². The number of aromatic nitrogens is 1. The fourth-order valence-electron chi connectivity index (χ4n) is 5.74. The minimum Gasteiger partial charge on any atom is -0.394 e. The highest BCUT2D eigenvalue weighted by molar-refractivity contribution is 5.33. The summed E-state index contributed by atoms with van der Waals surface area (Å²) in [6.07, 6.45) is -32.7. The molecule has 3 fully saturated rings. The fraction of sp³-hybridized carbons (Fsp3) is 0.828. The van der Waals surface area contributed by atoms with Gasteiger partial charge in [0.1, 0.15) is 91.3 Å². The Bertz CT molecular complexity index is 1150. The third-order valence-corrected chi connectivity index (χ3v) is 8.78. The van der Waals surface area contributed by atoms with Crippen molar-refractivity contribution in [2.75, 3.05) is 31.7 Å². The molecule has 0 amide bonds. The average molecular weight is 729 g/mol. The van der Waals surface area contributed by atoms with Gasteiger partial charge in [-0.05, 0) is 19.1 Å². The van der Waals surface area contributed by atoms with Crippen molar-refractivity contribution in [1.29, 1.82) is 0 Å². The fourth-order valence-corrected chi connectivity index (χ4v) is 5.74. The molecule has 19 atom stereocenters. The lowest BCUT2D eigenvalue weighted by Crippen LogP contribution is -2.67. The quantitative estimate of drug-likeness (QED) is 0.0797. The zero-order valence-electron chi connectivity index (χ0n) is 26.8.